The molecule has 3 rings (SSSR count). The summed E-state index contributed by atoms with van der Waals surface area (Å²) in [5, 5.41) is 0. The number of hydrogen-bond acceptors (Lipinski definition) is 4. The van der Waals surface area contributed by atoms with Crippen molar-refractivity contribution >= 4 is 34.8 Å². The number of carbonyl (C=O) groups is 2. The Hall–Kier alpha value is -2.60. The summed E-state index contributed by atoms with van der Waals surface area (Å²) >= 11 is 1.31. The minimum Gasteiger partial charge on any atom is -0.494 e. The Kier molecular flexibility index (Phi) is 5.42. The molecular weight excluding hydrogens is 353 g/mol. The summed E-state index contributed by atoms with van der Waals surface area (Å²) in [6.45, 7) is 4.26. The number of anilines is 1. The highest BCUT2D eigenvalue weighted by Crippen LogP contribution is 2.38. The average Bonchev–Trinajstić information content (AvgIpc) is 2.87. The Morgan fingerprint density at radius 1 is 1.04 bits per heavy atom. The highest BCUT2D eigenvalue weighted by molar-refractivity contribution is 8.04. The summed E-state index contributed by atoms with van der Waals surface area (Å²) in [7, 11) is 0. The maximum absolute atomic E-state index is 13.3. The van der Waals surface area contributed by atoms with Gasteiger partial charge in [0.1, 0.15) is 11.6 Å². The van der Waals surface area contributed by atoms with Gasteiger partial charge in [-0.2, -0.15) is 0 Å². The first-order valence-corrected chi connectivity index (χ1v) is 9.30. The number of ether oxygens (including phenoxy) is 1. The summed E-state index contributed by atoms with van der Waals surface area (Å²) < 4.78 is 18.7. The number of benzene rings is 2. The summed E-state index contributed by atoms with van der Waals surface area (Å²) in [6, 6.07) is 12.5. The number of amides is 2. The standard InChI is InChI=1S/C20H18FNO3S/c1-3-25-16-7-5-6-15(12-16)22-19(23)17(18(20(22)24)26-4-2)13-8-10-14(21)11-9-13/h5-12H,3-4H2,1-2H3. The van der Waals surface area contributed by atoms with Crippen LogP contribution in [0.25, 0.3) is 5.57 Å². The molecule has 0 bridgehead atoms. The van der Waals surface area contributed by atoms with E-state index in [-0.39, 0.29) is 5.91 Å². The predicted molar refractivity (Wildman–Crippen MR) is 102 cm³/mol. The first-order chi connectivity index (χ1) is 12.6. The van der Waals surface area contributed by atoms with Crippen molar-refractivity contribution in [3.8, 4) is 5.75 Å². The molecule has 0 aliphatic carbocycles. The van der Waals surface area contributed by atoms with E-state index >= 15 is 0 Å². The van der Waals surface area contributed by atoms with Gasteiger partial charge in [0.15, 0.2) is 0 Å². The third-order valence-corrected chi connectivity index (χ3v) is 4.81. The lowest BCUT2D eigenvalue weighted by Crippen LogP contribution is -2.31. The van der Waals surface area contributed by atoms with Gasteiger partial charge in [-0.25, -0.2) is 9.29 Å². The quantitative estimate of drug-likeness (QED) is 0.712. The molecule has 2 aromatic carbocycles. The largest absolute Gasteiger partial charge is 0.494 e. The molecule has 2 aromatic rings. The minimum absolute atomic E-state index is 0.309. The number of thioether (sulfide) groups is 1. The molecule has 134 valence electrons. The van der Waals surface area contributed by atoms with Crippen LogP contribution in [0.15, 0.2) is 53.4 Å². The molecule has 0 saturated heterocycles. The summed E-state index contributed by atoms with van der Waals surface area (Å²) in [5.41, 5.74) is 1.30. The Morgan fingerprint density at radius 2 is 1.77 bits per heavy atom. The summed E-state index contributed by atoms with van der Waals surface area (Å²) in [4.78, 5) is 27.5. The molecule has 1 aliphatic rings. The number of rotatable bonds is 6. The lowest BCUT2D eigenvalue weighted by atomic mass is 10.1. The maximum atomic E-state index is 13.3. The van der Waals surface area contributed by atoms with E-state index in [1.807, 2.05) is 13.8 Å². The topological polar surface area (TPSA) is 46.6 Å². The van der Waals surface area contributed by atoms with Gasteiger partial charge < -0.3 is 4.74 Å². The van der Waals surface area contributed by atoms with Crippen LogP contribution in [0.2, 0.25) is 0 Å². The van der Waals surface area contributed by atoms with Crippen LogP contribution in [0, 0.1) is 5.82 Å². The highest BCUT2D eigenvalue weighted by Gasteiger charge is 2.40. The maximum Gasteiger partial charge on any atom is 0.272 e. The Bertz CT molecular complexity index is 877. The van der Waals surface area contributed by atoms with E-state index in [2.05, 4.69) is 0 Å². The van der Waals surface area contributed by atoms with Gasteiger partial charge in [-0.1, -0.05) is 25.1 Å². The predicted octanol–water partition coefficient (Wildman–Crippen LogP) is 4.26. The van der Waals surface area contributed by atoms with Gasteiger partial charge in [0.2, 0.25) is 0 Å². The van der Waals surface area contributed by atoms with Crippen molar-refractivity contribution in [3.63, 3.8) is 0 Å². The van der Waals surface area contributed by atoms with Gasteiger partial charge in [0.25, 0.3) is 11.8 Å². The van der Waals surface area contributed by atoms with Gasteiger partial charge in [-0.15, -0.1) is 11.8 Å². The lowest BCUT2D eigenvalue weighted by Gasteiger charge is -2.16. The van der Waals surface area contributed by atoms with E-state index in [0.717, 1.165) is 4.90 Å². The number of imide groups is 1. The van der Waals surface area contributed by atoms with E-state index < -0.39 is 11.7 Å². The van der Waals surface area contributed by atoms with Crippen LogP contribution < -0.4 is 9.64 Å². The van der Waals surface area contributed by atoms with Gasteiger partial charge in [-0.05, 0) is 42.5 Å². The van der Waals surface area contributed by atoms with E-state index in [1.54, 1.807) is 24.3 Å². The molecule has 1 aliphatic heterocycles. The van der Waals surface area contributed by atoms with Crippen molar-refractivity contribution in [1.82, 2.24) is 0 Å². The molecular formula is C20H18FNO3S. The molecule has 0 atom stereocenters. The van der Waals surface area contributed by atoms with Crippen LogP contribution in [0.3, 0.4) is 0 Å². The van der Waals surface area contributed by atoms with Crippen molar-refractivity contribution in [2.75, 3.05) is 17.3 Å². The summed E-state index contributed by atoms with van der Waals surface area (Å²) in [6.07, 6.45) is 0. The number of hydrogen-bond donors (Lipinski definition) is 0. The number of halogens is 1. The molecule has 0 spiro atoms. The second kappa shape index (κ2) is 7.74. The van der Waals surface area contributed by atoms with E-state index in [1.165, 1.54) is 36.0 Å². The van der Waals surface area contributed by atoms with Crippen molar-refractivity contribution in [2.24, 2.45) is 0 Å². The molecule has 26 heavy (non-hydrogen) atoms. The smallest absolute Gasteiger partial charge is 0.272 e. The third kappa shape index (κ3) is 3.37. The third-order valence-electron chi connectivity index (χ3n) is 3.85. The highest BCUT2D eigenvalue weighted by atomic mass is 32.2. The second-order valence-corrected chi connectivity index (χ2v) is 6.79. The molecule has 6 heteroatoms. The van der Waals surface area contributed by atoms with Gasteiger partial charge in [-0.3, -0.25) is 9.59 Å². The van der Waals surface area contributed by atoms with Gasteiger partial charge >= 0.3 is 0 Å². The Morgan fingerprint density at radius 3 is 2.42 bits per heavy atom. The zero-order valence-corrected chi connectivity index (χ0v) is 15.3. The second-order valence-electron chi connectivity index (χ2n) is 5.52. The molecule has 0 aromatic heterocycles. The molecule has 0 radical (unpaired) electrons. The van der Waals surface area contributed by atoms with E-state index in [0.29, 0.717) is 39.8 Å². The average molecular weight is 371 g/mol. The van der Waals surface area contributed by atoms with Crippen LogP contribution in [0.1, 0.15) is 19.4 Å². The van der Waals surface area contributed by atoms with Crippen molar-refractivity contribution in [1.29, 1.82) is 0 Å². The van der Waals surface area contributed by atoms with Gasteiger partial charge in [0, 0.05) is 6.07 Å². The molecule has 0 unspecified atom stereocenters. The summed E-state index contributed by atoms with van der Waals surface area (Å²) in [5.74, 6) is 0.0648. The first kappa shape index (κ1) is 18.2. The van der Waals surface area contributed by atoms with Crippen LogP contribution in [-0.2, 0) is 9.59 Å². The fourth-order valence-corrected chi connectivity index (χ4v) is 3.63. The minimum atomic E-state index is -0.411. The fraction of sp³-hybridized carbons (Fsp3) is 0.200. The van der Waals surface area contributed by atoms with Crippen LogP contribution in [0.4, 0.5) is 10.1 Å². The zero-order valence-electron chi connectivity index (χ0n) is 14.5. The first-order valence-electron chi connectivity index (χ1n) is 8.31. The molecule has 0 N–H and O–H groups in total. The Labute approximate surface area is 155 Å². The molecule has 0 fully saturated rings. The number of carbonyl (C=O) groups excluding carboxylic acids is 2. The fourth-order valence-electron chi connectivity index (χ4n) is 2.77. The van der Waals surface area contributed by atoms with Crippen LogP contribution in [0.5, 0.6) is 5.75 Å². The monoisotopic (exact) mass is 371 g/mol. The molecule has 0 saturated carbocycles. The zero-order chi connectivity index (χ0) is 18.7. The van der Waals surface area contributed by atoms with E-state index in [4.69, 9.17) is 4.74 Å². The van der Waals surface area contributed by atoms with Crippen molar-refractivity contribution < 1.29 is 18.7 Å². The number of nitrogens with zero attached hydrogens (tertiary/aromatic N) is 1. The SMILES string of the molecule is CCOc1cccc(N2C(=O)C(SCC)=C(c3ccc(F)cc3)C2=O)c1. The molecule has 2 amide bonds. The Balaban J connectivity index is 2.04. The molecule has 1 heterocycles. The normalized spacial score (nSPS) is 14.3. The van der Waals surface area contributed by atoms with Gasteiger partial charge in [0.05, 0.1) is 22.8 Å². The van der Waals surface area contributed by atoms with Crippen molar-refractivity contribution in [2.45, 2.75) is 13.8 Å². The van der Waals surface area contributed by atoms with E-state index in [9.17, 15) is 14.0 Å². The molecule has 4 nitrogen and oxygen atoms in total. The van der Waals surface area contributed by atoms with Crippen molar-refractivity contribution in [3.05, 3.63) is 64.8 Å². The van der Waals surface area contributed by atoms with Crippen LogP contribution in [-0.4, -0.2) is 24.2 Å². The lowest BCUT2D eigenvalue weighted by molar-refractivity contribution is -0.119. The van der Waals surface area contributed by atoms with Crippen LogP contribution >= 0.6 is 11.8 Å².